The maximum absolute atomic E-state index is 11.5. The minimum atomic E-state index is -0.395. The molecule has 0 radical (unpaired) electrons. The van der Waals surface area contributed by atoms with Crippen molar-refractivity contribution in [3.63, 3.8) is 0 Å². The van der Waals surface area contributed by atoms with Gasteiger partial charge in [-0.1, -0.05) is 19.1 Å². The number of anilines is 1. The number of esters is 1. The quantitative estimate of drug-likeness (QED) is 0.879. The second kappa shape index (κ2) is 6.27. The maximum atomic E-state index is 11.5. The molecule has 0 aliphatic rings. The monoisotopic (exact) mass is 295 g/mol. The van der Waals surface area contributed by atoms with Crippen LogP contribution in [-0.4, -0.2) is 18.1 Å². The number of hydrogen-bond acceptors (Lipinski definition) is 5. The molecule has 1 aromatic carbocycles. The number of rotatable bonds is 3. The zero-order valence-corrected chi connectivity index (χ0v) is 12.8. The fraction of sp³-hybridized carbons (Fsp3) is 0.235. The number of nitrogens with two attached hydrogens (primary N) is 1. The van der Waals surface area contributed by atoms with Crippen LogP contribution in [0.5, 0.6) is 0 Å². The van der Waals surface area contributed by atoms with Crippen molar-refractivity contribution in [1.29, 1.82) is 5.26 Å². The number of pyridine rings is 1. The van der Waals surface area contributed by atoms with Gasteiger partial charge in [0.2, 0.25) is 0 Å². The summed E-state index contributed by atoms with van der Waals surface area (Å²) in [6.45, 7) is 3.89. The second-order valence-corrected chi connectivity index (χ2v) is 4.85. The van der Waals surface area contributed by atoms with E-state index in [0.29, 0.717) is 11.1 Å². The molecule has 0 saturated carbocycles. The Balaban J connectivity index is 2.66. The van der Waals surface area contributed by atoms with Gasteiger partial charge in [-0.25, -0.2) is 9.78 Å². The normalized spacial score (nSPS) is 10.1. The molecule has 0 aliphatic carbocycles. The van der Waals surface area contributed by atoms with E-state index in [0.717, 1.165) is 28.8 Å². The Bertz CT molecular complexity index is 759. The molecule has 0 aliphatic heterocycles. The molecule has 2 N–H and O–H groups in total. The van der Waals surface area contributed by atoms with E-state index in [9.17, 15) is 10.1 Å². The summed E-state index contributed by atoms with van der Waals surface area (Å²) >= 11 is 0. The van der Waals surface area contributed by atoms with Crippen molar-refractivity contribution < 1.29 is 9.53 Å². The van der Waals surface area contributed by atoms with Gasteiger partial charge in [0.05, 0.1) is 12.7 Å². The summed E-state index contributed by atoms with van der Waals surface area (Å²) < 4.78 is 4.69. The summed E-state index contributed by atoms with van der Waals surface area (Å²) in [4.78, 5) is 15.8. The first-order valence-electron chi connectivity index (χ1n) is 6.91. The third kappa shape index (κ3) is 2.63. The van der Waals surface area contributed by atoms with Crippen molar-refractivity contribution in [2.45, 2.75) is 20.3 Å². The fourth-order valence-electron chi connectivity index (χ4n) is 2.52. The van der Waals surface area contributed by atoms with Crippen LogP contribution < -0.4 is 5.73 Å². The predicted molar refractivity (Wildman–Crippen MR) is 84.3 cm³/mol. The second-order valence-electron chi connectivity index (χ2n) is 4.85. The average Bonchev–Trinajstić information content (AvgIpc) is 2.53. The van der Waals surface area contributed by atoms with Gasteiger partial charge < -0.3 is 10.5 Å². The van der Waals surface area contributed by atoms with Gasteiger partial charge in [-0.2, -0.15) is 5.26 Å². The van der Waals surface area contributed by atoms with Gasteiger partial charge >= 0.3 is 5.97 Å². The summed E-state index contributed by atoms with van der Waals surface area (Å²) in [5.41, 5.74) is 10.1. The van der Waals surface area contributed by atoms with Gasteiger partial charge in [-0.3, -0.25) is 0 Å². The Labute approximate surface area is 129 Å². The topological polar surface area (TPSA) is 89.0 Å². The van der Waals surface area contributed by atoms with E-state index in [2.05, 4.69) is 15.8 Å². The van der Waals surface area contributed by atoms with Crippen LogP contribution in [0.2, 0.25) is 0 Å². The Hall–Kier alpha value is -2.87. The Kier molecular flexibility index (Phi) is 4.42. The molecular formula is C17H17N3O2. The number of hydrogen-bond donors (Lipinski definition) is 1. The van der Waals surface area contributed by atoms with Crippen LogP contribution in [0.4, 0.5) is 5.82 Å². The molecule has 0 saturated heterocycles. The molecule has 22 heavy (non-hydrogen) atoms. The van der Waals surface area contributed by atoms with E-state index in [4.69, 9.17) is 5.73 Å². The van der Waals surface area contributed by atoms with Gasteiger partial charge in [-0.15, -0.1) is 0 Å². The van der Waals surface area contributed by atoms with Crippen molar-refractivity contribution in [2.24, 2.45) is 0 Å². The molecule has 5 heteroatoms. The number of aromatic nitrogens is 1. The lowest BCUT2D eigenvalue weighted by atomic mass is 9.92. The lowest BCUT2D eigenvalue weighted by Gasteiger charge is -2.14. The molecule has 0 atom stereocenters. The minimum Gasteiger partial charge on any atom is -0.465 e. The van der Waals surface area contributed by atoms with Gasteiger partial charge in [0.25, 0.3) is 0 Å². The van der Waals surface area contributed by atoms with Crippen molar-refractivity contribution in [1.82, 2.24) is 4.98 Å². The first-order chi connectivity index (χ1) is 10.5. The number of methoxy groups -OCH3 is 1. The fourth-order valence-corrected chi connectivity index (χ4v) is 2.52. The minimum absolute atomic E-state index is 0.226. The van der Waals surface area contributed by atoms with Crippen LogP contribution in [0, 0.1) is 18.3 Å². The zero-order valence-electron chi connectivity index (χ0n) is 12.8. The number of aryl methyl sites for hydroxylation is 1. The summed E-state index contributed by atoms with van der Waals surface area (Å²) in [5, 5.41) is 9.41. The van der Waals surface area contributed by atoms with Gasteiger partial charge in [0.1, 0.15) is 17.5 Å². The summed E-state index contributed by atoms with van der Waals surface area (Å²) in [5.74, 6) is -0.169. The van der Waals surface area contributed by atoms with E-state index in [1.54, 1.807) is 24.3 Å². The van der Waals surface area contributed by atoms with Crippen molar-refractivity contribution in [3.05, 3.63) is 46.6 Å². The van der Waals surface area contributed by atoms with Crippen LogP contribution in [0.1, 0.15) is 34.1 Å². The van der Waals surface area contributed by atoms with Crippen LogP contribution >= 0.6 is 0 Å². The molecule has 0 unspecified atom stereocenters. The van der Waals surface area contributed by atoms with Crippen LogP contribution in [0.25, 0.3) is 11.1 Å². The van der Waals surface area contributed by atoms with E-state index in [1.165, 1.54) is 7.11 Å². The summed E-state index contributed by atoms with van der Waals surface area (Å²) in [6, 6.07) is 9.07. The van der Waals surface area contributed by atoms with Crippen molar-refractivity contribution >= 4 is 11.8 Å². The molecular weight excluding hydrogens is 278 g/mol. The summed E-state index contributed by atoms with van der Waals surface area (Å²) in [7, 11) is 1.34. The highest BCUT2D eigenvalue weighted by atomic mass is 16.5. The maximum Gasteiger partial charge on any atom is 0.337 e. The van der Waals surface area contributed by atoms with Gasteiger partial charge in [-0.05, 0) is 36.6 Å². The molecule has 2 rings (SSSR count). The molecule has 1 heterocycles. The smallest absolute Gasteiger partial charge is 0.337 e. The lowest BCUT2D eigenvalue weighted by molar-refractivity contribution is 0.0601. The van der Waals surface area contributed by atoms with Crippen molar-refractivity contribution in [3.8, 4) is 17.2 Å². The number of carbonyl (C=O) groups excluding carboxylic acids is 1. The third-order valence-electron chi connectivity index (χ3n) is 3.59. The third-order valence-corrected chi connectivity index (χ3v) is 3.59. The first kappa shape index (κ1) is 15.5. The molecule has 0 fully saturated rings. The molecule has 112 valence electrons. The summed E-state index contributed by atoms with van der Waals surface area (Å²) in [6.07, 6.45) is 0.738. The number of nitriles is 1. The standard InChI is InChI=1S/C17H17N3O2/c1-4-13-10(2)20-16(19)14(9-18)15(13)11-5-7-12(8-6-11)17(21)22-3/h5-8H,4H2,1-3H3,(H2,19,20). The highest BCUT2D eigenvalue weighted by molar-refractivity contribution is 5.90. The molecule has 0 spiro atoms. The van der Waals surface area contributed by atoms with E-state index in [1.807, 2.05) is 13.8 Å². The number of carbonyl (C=O) groups is 1. The molecule has 5 nitrogen and oxygen atoms in total. The number of nitrogen functional groups attached to an aromatic ring is 1. The van der Waals surface area contributed by atoms with Gasteiger partial charge in [0.15, 0.2) is 0 Å². The predicted octanol–water partition coefficient (Wildman–Crippen LogP) is 2.86. The molecule has 2 aromatic rings. The number of benzene rings is 1. The van der Waals surface area contributed by atoms with Crippen LogP contribution in [0.3, 0.4) is 0 Å². The Morgan fingerprint density at radius 3 is 2.50 bits per heavy atom. The average molecular weight is 295 g/mol. The number of nitrogens with zero attached hydrogens (tertiary/aromatic N) is 2. The van der Waals surface area contributed by atoms with Crippen LogP contribution in [-0.2, 0) is 11.2 Å². The molecule has 1 aromatic heterocycles. The molecule has 0 bridgehead atoms. The van der Waals surface area contributed by atoms with E-state index >= 15 is 0 Å². The largest absolute Gasteiger partial charge is 0.465 e. The number of ether oxygens (including phenoxy) is 1. The highest BCUT2D eigenvalue weighted by Crippen LogP contribution is 2.32. The van der Waals surface area contributed by atoms with Gasteiger partial charge in [0, 0.05) is 11.3 Å². The van der Waals surface area contributed by atoms with Crippen LogP contribution in [0.15, 0.2) is 24.3 Å². The zero-order chi connectivity index (χ0) is 16.3. The van der Waals surface area contributed by atoms with E-state index < -0.39 is 5.97 Å². The van der Waals surface area contributed by atoms with Crippen molar-refractivity contribution in [2.75, 3.05) is 12.8 Å². The Morgan fingerprint density at radius 2 is 2.00 bits per heavy atom. The highest BCUT2D eigenvalue weighted by Gasteiger charge is 2.17. The molecule has 0 amide bonds. The lowest BCUT2D eigenvalue weighted by Crippen LogP contribution is -2.05. The SMILES string of the molecule is CCc1c(C)nc(N)c(C#N)c1-c1ccc(C(=O)OC)cc1. The first-order valence-corrected chi connectivity index (χ1v) is 6.91. The van der Waals surface area contributed by atoms with E-state index in [-0.39, 0.29) is 5.82 Å². The Morgan fingerprint density at radius 1 is 1.36 bits per heavy atom.